The van der Waals surface area contributed by atoms with E-state index in [1.807, 2.05) is 0 Å². The lowest BCUT2D eigenvalue weighted by atomic mass is 9.91. The first-order chi connectivity index (χ1) is 8.22. The van der Waals surface area contributed by atoms with E-state index in [4.69, 9.17) is 9.84 Å². The summed E-state index contributed by atoms with van der Waals surface area (Å²) in [6, 6.07) is 1.55. The minimum absolute atomic E-state index is 0.159. The zero-order valence-electron chi connectivity index (χ0n) is 8.86. The van der Waals surface area contributed by atoms with Crippen LogP contribution < -0.4 is 0 Å². The summed E-state index contributed by atoms with van der Waals surface area (Å²) in [5.74, 6) is -1.59. The highest BCUT2D eigenvalue weighted by Gasteiger charge is 2.41. The molecule has 0 amide bonds. The van der Waals surface area contributed by atoms with Gasteiger partial charge in [-0.1, -0.05) is 0 Å². The first-order valence-electron chi connectivity index (χ1n) is 4.85. The molecule has 5 nitrogen and oxygen atoms in total. The summed E-state index contributed by atoms with van der Waals surface area (Å²) in [5, 5.41) is 18.6. The third-order valence-electron chi connectivity index (χ3n) is 2.55. The first-order valence-corrected chi connectivity index (χ1v) is 4.85. The fraction of sp³-hybridized carbons (Fsp3) is 0.400. The molecule has 0 saturated carbocycles. The number of ether oxygens (including phenoxy) is 1. The summed E-state index contributed by atoms with van der Waals surface area (Å²) >= 11 is 0. The molecule has 2 N–H and O–H groups in total. The molecule has 18 heavy (non-hydrogen) atoms. The minimum atomic E-state index is -4.78. The number of hydrogen-bond donors (Lipinski definition) is 2. The van der Waals surface area contributed by atoms with Gasteiger partial charge in [0.05, 0.1) is 13.2 Å². The quantitative estimate of drug-likeness (QED) is 0.832. The predicted octanol–water partition coefficient (Wildman–Crippen LogP) is 1.02. The van der Waals surface area contributed by atoms with Crippen molar-refractivity contribution in [1.82, 2.24) is 4.98 Å². The van der Waals surface area contributed by atoms with E-state index in [2.05, 4.69) is 4.98 Å². The summed E-state index contributed by atoms with van der Waals surface area (Å²) in [6.45, 7) is -0.346. The number of aromatic nitrogens is 1. The zero-order chi connectivity index (χ0) is 13.6. The van der Waals surface area contributed by atoms with Gasteiger partial charge in [0.2, 0.25) is 0 Å². The number of carboxylic acids is 1. The Kier molecular flexibility index (Phi) is 2.78. The van der Waals surface area contributed by atoms with Gasteiger partial charge in [0, 0.05) is 0 Å². The van der Waals surface area contributed by atoms with E-state index >= 15 is 0 Å². The number of alkyl halides is 3. The standard InChI is InChI=1S/C10H8F3NO4/c11-10(12,13)7-2-5(9(17)3-18-4-9)1-6(14-7)8(15)16/h1-2,17H,3-4H2,(H,15,16). The fourth-order valence-corrected chi connectivity index (χ4v) is 1.52. The SMILES string of the molecule is O=C(O)c1cc(C2(O)COC2)cc(C(F)(F)F)n1. The van der Waals surface area contributed by atoms with Crippen molar-refractivity contribution in [3.8, 4) is 0 Å². The van der Waals surface area contributed by atoms with Crippen molar-refractivity contribution in [2.75, 3.05) is 13.2 Å². The Bertz CT molecular complexity index is 496. The average Bonchev–Trinajstić information content (AvgIpc) is 2.24. The highest BCUT2D eigenvalue weighted by Crippen LogP contribution is 2.34. The summed E-state index contributed by atoms with van der Waals surface area (Å²) in [6.07, 6.45) is -4.78. The van der Waals surface area contributed by atoms with Crippen LogP contribution in [0.1, 0.15) is 21.7 Å². The van der Waals surface area contributed by atoms with Crippen LogP contribution in [0, 0.1) is 0 Å². The molecule has 1 aliphatic heterocycles. The molecule has 98 valence electrons. The molecular weight excluding hydrogens is 255 g/mol. The number of pyridine rings is 1. The lowest BCUT2D eigenvalue weighted by molar-refractivity contribution is -0.185. The molecule has 0 spiro atoms. The number of carbonyl (C=O) groups is 1. The molecule has 1 aliphatic rings. The van der Waals surface area contributed by atoms with Gasteiger partial charge in [-0.05, 0) is 17.7 Å². The second kappa shape index (κ2) is 3.92. The number of halogens is 3. The highest BCUT2D eigenvalue weighted by atomic mass is 19.4. The number of nitrogens with zero attached hydrogens (tertiary/aromatic N) is 1. The molecule has 0 unspecified atom stereocenters. The maximum Gasteiger partial charge on any atom is 0.433 e. The molecule has 0 aromatic carbocycles. The zero-order valence-corrected chi connectivity index (χ0v) is 8.86. The molecule has 8 heteroatoms. The Morgan fingerprint density at radius 2 is 2.00 bits per heavy atom. The fourth-order valence-electron chi connectivity index (χ4n) is 1.52. The lowest BCUT2D eigenvalue weighted by Gasteiger charge is -2.37. The van der Waals surface area contributed by atoms with Crippen LogP contribution in [-0.4, -0.2) is 34.4 Å². The Morgan fingerprint density at radius 1 is 1.39 bits per heavy atom. The van der Waals surface area contributed by atoms with Crippen LogP contribution in [0.4, 0.5) is 13.2 Å². The number of aliphatic hydroxyl groups is 1. The second-order valence-electron chi connectivity index (χ2n) is 3.95. The van der Waals surface area contributed by atoms with E-state index in [1.54, 1.807) is 0 Å². The molecule has 0 bridgehead atoms. The largest absolute Gasteiger partial charge is 0.477 e. The predicted molar refractivity (Wildman–Crippen MR) is 50.9 cm³/mol. The van der Waals surface area contributed by atoms with Crippen molar-refractivity contribution in [2.24, 2.45) is 0 Å². The number of carboxylic acid groups (broad SMARTS) is 1. The molecule has 0 atom stereocenters. The monoisotopic (exact) mass is 263 g/mol. The molecule has 2 heterocycles. The summed E-state index contributed by atoms with van der Waals surface area (Å²) < 4.78 is 42.4. The van der Waals surface area contributed by atoms with Gasteiger partial charge in [-0.25, -0.2) is 9.78 Å². The smallest absolute Gasteiger partial charge is 0.433 e. The lowest BCUT2D eigenvalue weighted by Crippen LogP contribution is -2.46. The minimum Gasteiger partial charge on any atom is -0.477 e. The maximum absolute atomic E-state index is 12.6. The molecule has 2 rings (SSSR count). The number of hydrogen-bond acceptors (Lipinski definition) is 4. The summed E-state index contributed by atoms with van der Waals surface area (Å²) in [5.41, 5.74) is -3.85. The van der Waals surface area contributed by atoms with Gasteiger partial charge in [0.25, 0.3) is 0 Å². The Balaban J connectivity index is 2.53. The van der Waals surface area contributed by atoms with E-state index in [9.17, 15) is 23.1 Å². The van der Waals surface area contributed by atoms with Crippen molar-refractivity contribution in [1.29, 1.82) is 0 Å². The Labute approximate surface area is 98.8 Å². The number of rotatable bonds is 2. The van der Waals surface area contributed by atoms with E-state index in [-0.39, 0.29) is 18.8 Å². The van der Waals surface area contributed by atoms with E-state index < -0.39 is 29.1 Å². The topological polar surface area (TPSA) is 79.7 Å². The Morgan fingerprint density at radius 3 is 2.39 bits per heavy atom. The van der Waals surface area contributed by atoms with Gasteiger partial charge in [0.15, 0.2) is 0 Å². The van der Waals surface area contributed by atoms with Crippen molar-refractivity contribution >= 4 is 5.97 Å². The van der Waals surface area contributed by atoms with Gasteiger partial charge in [-0.3, -0.25) is 0 Å². The van der Waals surface area contributed by atoms with Gasteiger partial charge >= 0.3 is 12.1 Å². The Hall–Kier alpha value is -1.67. The molecule has 1 saturated heterocycles. The summed E-state index contributed by atoms with van der Waals surface area (Å²) in [7, 11) is 0. The molecule has 0 aliphatic carbocycles. The van der Waals surface area contributed by atoms with Crippen molar-refractivity contribution in [3.63, 3.8) is 0 Å². The average molecular weight is 263 g/mol. The molecule has 0 radical (unpaired) electrons. The van der Waals surface area contributed by atoms with Crippen molar-refractivity contribution in [3.05, 3.63) is 29.1 Å². The van der Waals surface area contributed by atoms with Crippen LogP contribution in [-0.2, 0) is 16.5 Å². The van der Waals surface area contributed by atoms with Crippen LogP contribution in [0.25, 0.3) is 0 Å². The van der Waals surface area contributed by atoms with E-state index in [0.29, 0.717) is 6.07 Å². The molecular formula is C10H8F3NO4. The molecule has 1 aromatic rings. The van der Waals surface area contributed by atoms with Gasteiger partial charge in [0.1, 0.15) is 17.0 Å². The summed E-state index contributed by atoms with van der Waals surface area (Å²) in [4.78, 5) is 13.7. The van der Waals surface area contributed by atoms with Crippen LogP contribution >= 0.6 is 0 Å². The third-order valence-corrected chi connectivity index (χ3v) is 2.55. The number of aromatic carboxylic acids is 1. The van der Waals surface area contributed by atoms with Crippen molar-refractivity contribution < 1.29 is 32.9 Å². The van der Waals surface area contributed by atoms with E-state index in [1.165, 1.54) is 0 Å². The van der Waals surface area contributed by atoms with Crippen LogP contribution in [0.15, 0.2) is 12.1 Å². The van der Waals surface area contributed by atoms with E-state index in [0.717, 1.165) is 6.07 Å². The van der Waals surface area contributed by atoms with Gasteiger partial charge in [-0.2, -0.15) is 13.2 Å². The van der Waals surface area contributed by atoms with Crippen LogP contribution in [0.5, 0.6) is 0 Å². The van der Waals surface area contributed by atoms with Crippen LogP contribution in [0.2, 0.25) is 0 Å². The third kappa shape index (κ3) is 2.16. The molecule has 1 aromatic heterocycles. The maximum atomic E-state index is 12.6. The van der Waals surface area contributed by atoms with Crippen molar-refractivity contribution in [2.45, 2.75) is 11.8 Å². The first kappa shape index (κ1) is 12.8. The molecule has 1 fully saturated rings. The van der Waals surface area contributed by atoms with Crippen LogP contribution in [0.3, 0.4) is 0 Å². The second-order valence-corrected chi connectivity index (χ2v) is 3.95. The van der Waals surface area contributed by atoms with Gasteiger partial charge < -0.3 is 14.9 Å². The highest BCUT2D eigenvalue weighted by molar-refractivity contribution is 5.85. The normalized spacial score (nSPS) is 18.2. The van der Waals surface area contributed by atoms with Gasteiger partial charge in [-0.15, -0.1) is 0 Å².